The van der Waals surface area contributed by atoms with Crippen molar-refractivity contribution in [2.75, 3.05) is 6.54 Å². The van der Waals surface area contributed by atoms with Crippen molar-refractivity contribution in [3.63, 3.8) is 0 Å². The highest BCUT2D eigenvalue weighted by atomic mass is 15.2. The Balaban J connectivity index is 2.58. The third kappa shape index (κ3) is 4.06. The molecule has 1 unspecified atom stereocenters. The second-order valence-corrected chi connectivity index (χ2v) is 5.79. The minimum Gasteiger partial charge on any atom is -0.312 e. The second kappa shape index (κ2) is 6.61. The molecule has 0 spiro atoms. The molecule has 0 bridgehead atoms. The van der Waals surface area contributed by atoms with Crippen LogP contribution < -0.4 is 5.32 Å². The van der Waals surface area contributed by atoms with Crippen LogP contribution in [-0.2, 0) is 0 Å². The van der Waals surface area contributed by atoms with E-state index in [1.807, 2.05) is 0 Å². The van der Waals surface area contributed by atoms with E-state index in [0.29, 0.717) is 12.1 Å². The van der Waals surface area contributed by atoms with Crippen molar-refractivity contribution in [1.82, 2.24) is 10.2 Å². The van der Waals surface area contributed by atoms with Crippen molar-refractivity contribution in [2.24, 2.45) is 0 Å². The van der Waals surface area contributed by atoms with Crippen LogP contribution in [0.4, 0.5) is 0 Å². The van der Waals surface area contributed by atoms with Gasteiger partial charge in [-0.3, -0.25) is 4.90 Å². The number of rotatable bonds is 4. The molecule has 0 aromatic carbocycles. The predicted molar refractivity (Wildman–Crippen MR) is 71.8 cm³/mol. The Hall–Kier alpha value is -0.0800. The molecule has 0 aliphatic carbocycles. The van der Waals surface area contributed by atoms with Crippen LogP contribution in [0.25, 0.3) is 0 Å². The Morgan fingerprint density at radius 1 is 1.25 bits per heavy atom. The van der Waals surface area contributed by atoms with Crippen molar-refractivity contribution in [2.45, 2.75) is 84.5 Å². The maximum Gasteiger partial charge on any atom is 0.0110 e. The SMILES string of the molecule is CC[C@@H]1CC(NC(C)C)CCCN1C(C)C. The highest BCUT2D eigenvalue weighted by Gasteiger charge is 2.26. The molecule has 2 atom stereocenters. The summed E-state index contributed by atoms with van der Waals surface area (Å²) in [7, 11) is 0. The second-order valence-electron chi connectivity index (χ2n) is 5.79. The first-order valence-corrected chi connectivity index (χ1v) is 7.06. The molecule has 2 nitrogen and oxygen atoms in total. The molecule has 1 N–H and O–H groups in total. The predicted octanol–water partition coefficient (Wildman–Crippen LogP) is 3.03. The van der Waals surface area contributed by atoms with E-state index in [0.717, 1.165) is 12.1 Å². The van der Waals surface area contributed by atoms with Gasteiger partial charge in [0.2, 0.25) is 0 Å². The van der Waals surface area contributed by atoms with Gasteiger partial charge in [-0.25, -0.2) is 0 Å². The molecule has 96 valence electrons. The largest absolute Gasteiger partial charge is 0.312 e. The van der Waals surface area contributed by atoms with Gasteiger partial charge in [0.25, 0.3) is 0 Å². The molecule has 0 radical (unpaired) electrons. The summed E-state index contributed by atoms with van der Waals surface area (Å²) in [5, 5.41) is 3.72. The van der Waals surface area contributed by atoms with Crippen molar-refractivity contribution in [1.29, 1.82) is 0 Å². The standard InChI is InChI=1S/C14H30N2/c1-6-14-10-13(15-11(2)3)8-7-9-16(14)12(4)5/h11-15H,6-10H2,1-5H3/t13?,14-/m1/s1. The van der Waals surface area contributed by atoms with Gasteiger partial charge in [-0.2, -0.15) is 0 Å². The molecule has 2 heteroatoms. The van der Waals surface area contributed by atoms with E-state index < -0.39 is 0 Å². The summed E-state index contributed by atoms with van der Waals surface area (Å²) in [6, 6.07) is 2.82. The van der Waals surface area contributed by atoms with Gasteiger partial charge in [0.05, 0.1) is 0 Å². The first kappa shape index (κ1) is 14.0. The van der Waals surface area contributed by atoms with Gasteiger partial charge in [-0.1, -0.05) is 20.8 Å². The molecular formula is C14H30N2. The fraction of sp³-hybridized carbons (Fsp3) is 1.00. The summed E-state index contributed by atoms with van der Waals surface area (Å²) in [5.41, 5.74) is 0. The number of nitrogens with zero attached hydrogens (tertiary/aromatic N) is 1. The Morgan fingerprint density at radius 3 is 2.44 bits per heavy atom. The summed E-state index contributed by atoms with van der Waals surface area (Å²) < 4.78 is 0. The van der Waals surface area contributed by atoms with Crippen LogP contribution in [0, 0.1) is 0 Å². The third-order valence-electron chi connectivity index (χ3n) is 3.70. The molecular weight excluding hydrogens is 196 g/mol. The van der Waals surface area contributed by atoms with E-state index in [1.165, 1.54) is 32.2 Å². The molecule has 0 saturated carbocycles. The van der Waals surface area contributed by atoms with Crippen LogP contribution in [-0.4, -0.2) is 35.6 Å². The zero-order chi connectivity index (χ0) is 12.1. The van der Waals surface area contributed by atoms with Gasteiger partial charge in [0.15, 0.2) is 0 Å². The van der Waals surface area contributed by atoms with Crippen molar-refractivity contribution >= 4 is 0 Å². The van der Waals surface area contributed by atoms with Crippen LogP contribution in [0.5, 0.6) is 0 Å². The lowest BCUT2D eigenvalue weighted by molar-refractivity contribution is 0.148. The summed E-state index contributed by atoms with van der Waals surface area (Å²) in [6.07, 6.45) is 5.30. The van der Waals surface area contributed by atoms with Gasteiger partial charge in [0, 0.05) is 24.2 Å². The fourth-order valence-electron chi connectivity index (χ4n) is 2.99. The minimum atomic E-state index is 0.619. The van der Waals surface area contributed by atoms with E-state index in [-0.39, 0.29) is 0 Å². The minimum absolute atomic E-state index is 0.619. The molecule has 1 aliphatic heterocycles. The van der Waals surface area contributed by atoms with Crippen molar-refractivity contribution < 1.29 is 0 Å². The van der Waals surface area contributed by atoms with Gasteiger partial charge in [-0.05, 0) is 46.1 Å². The molecule has 1 saturated heterocycles. The van der Waals surface area contributed by atoms with Gasteiger partial charge < -0.3 is 5.32 Å². The number of hydrogen-bond donors (Lipinski definition) is 1. The van der Waals surface area contributed by atoms with Crippen LogP contribution >= 0.6 is 0 Å². The molecule has 1 heterocycles. The summed E-state index contributed by atoms with van der Waals surface area (Å²) in [6.45, 7) is 12.8. The van der Waals surface area contributed by atoms with E-state index in [4.69, 9.17) is 0 Å². The average Bonchev–Trinajstić information content (AvgIpc) is 2.38. The molecule has 1 fully saturated rings. The van der Waals surface area contributed by atoms with E-state index in [9.17, 15) is 0 Å². The number of hydrogen-bond acceptors (Lipinski definition) is 2. The highest BCUT2D eigenvalue weighted by Crippen LogP contribution is 2.22. The van der Waals surface area contributed by atoms with E-state index >= 15 is 0 Å². The lowest BCUT2D eigenvalue weighted by atomic mass is 10.0. The molecule has 0 aromatic rings. The summed E-state index contributed by atoms with van der Waals surface area (Å²) in [5.74, 6) is 0. The zero-order valence-electron chi connectivity index (χ0n) is 11.8. The Morgan fingerprint density at radius 2 is 1.94 bits per heavy atom. The highest BCUT2D eigenvalue weighted by molar-refractivity contribution is 4.84. The lowest BCUT2D eigenvalue weighted by Crippen LogP contribution is -2.43. The van der Waals surface area contributed by atoms with E-state index in [1.54, 1.807) is 0 Å². The smallest absolute Gasteiger partial charge is 0.0110 e. The quantitative estimate of drug-likeness (QED) is 0.792. The molecule has 16 heavy (non-hydrogen) atoms. The van der Waals surface area contributed by atoms with Crippen molar-refractivity contribution in [3.05, 3.63) is 0 Å². The molecule has 1 aliphatic rings. The third-order valence-corrected chi connectivity index (χ3v) is 3.70. The van der Waals surface area contributed by atoms with Crippen LogP contribution in [0.15, 0.2) is 0 Å². The normalized spacial score (nSPS) is 28.7. The first-order valence-electron chi connectivity index (χ1n) is 7.06. The lowest BCUT2D eigenvalue weighted by Gasteiger charge is -2.33. The number of likely N-dealkylation sites (tertiary alicyclic amines) is 1. The van der Waals surface area contributed by atoms with Crippen LogP contribution in [0.2, 0.25) is 0 Å². The maximum atomic E-state index is 3.72. The zero-order valence-corrected chi connectivity index (χ0v) is 11.8. The monoisotopic (exact) mass is 226 g/mol. The van der Waals surface area contributed by atoms with Gasteiger partial charge in [0.1, 0.15) is 0 Å². The Bertz CT molecular complexity index is 189. The molecule has 1 rings (SSSR count). The van der Waals surface area contributed by atoms with Gasteiger partial charge >= 0.3 is 0 Å². The fourth-order valence-corrected chi connectivity index (χ4v) is 2.99. The number of nitrogens with one attached hydrogen (secondary N) is 1. The van der Waals surface area contributed by atoms with Crippen molar-refractivity contribution in [3.8, 4) is 0 Å². The summed E-state index contributed by atoms with van der Waals surface area (Å²) >= 11 is 0. The molecule has 0 amide bonds. The topological polar surface area (TPSA) is 15.3 Å². The first-order chi connectivity index (χ1) is 7.54. The van der Waals surface area contributed by atoms with Crippen LogP contribution in [0.1, 0.15) is 60.3 Å². The Labute approximate surface area is 102 Å². The molecule has 0 aromatic heterocycles. The van der Waals surface area contributed by atoms with E-state index in [2.05, 4.69) is 44.8 Å². The average molecular weight is 226 g/mol. The maximum absolute atomic E-state index is 3.72. The summed E-state index contributed by atoms with van der Waals surface area (Å²) in [4.78, 5) is 2.70. The van der Waals surface area contributed by atoms with Gasteiger partial charge in [-0.15, -0.1) is 0 Å². The van der Waals surface area contributed by atoms with Crippen LogP contribution in [0.3, 0.4) is 0 Å². The Kier molecular flexibility index (Phi) is 5.77.